The smallest absolute Gasteiger partial charge is 0.255 e. The van der Waals surface area contributed by atoms with Gasteiger partial charge in [-0.15, -0.1) is 0 Å². The Kier molecular flexibility index (Phi) is 5.43. The predicted molar refractivity (Wildman–Crippen MR) is 121 cm³/mol. The number of nitrogens with zero attached hydrogens (tertiary/aromatic N) is 6. The number of benzene rings is 1. The van der Waals surface area contributed by atoms with E-state index in [1.54, 1.807) is 30.1 Å². The highest BCUT2D eigenvalue weighted by Gasteiger charge is 2.25. The topological polar surface area (TPSA) is 86.0 Å². The Morgan fingerprint density at radius 2 is 1.91 bits per heavy atom. The Bertz CT molecular complexity index is 1280. The first-order valence-corrected chi connectivity index (χ1v) is 10.4. The molecular formula is C24H22N6O2. The van der Waals surface area contributed by atoms with Gasteiger partial charge in [-0.1, -0.05) is 24.3 Å². The number of morpholine rings is 1. The Labute approximate surface area is 185 Å². The number of hydrogen-bond donors (Lipinski definition) is 0. The summed E-state index contributed by atoms with van der Waals surface area (Å²) < 4.78 is 7.67. The van der Waals surface area contributed by atoms with Crippen molar-refractivity contribution in [2.45, 2.75) is 6.10 Å². The minimum atomic E-state index is -0.139. The van der Waals surface area contributed by atoms with Crippen LogP contribution in [-0.2, 0) is 11.8 Å². The fourth-order valence-corrected chi connectivity index (χ4v) is 3.87. The lowest BCUT2D eigenvalue weighted by atomic mass is 10.0. The Morgan fingerprint density at radius 1 is 1.00 bits per heavy atom. The van der Waals surface area contributed by atoms with Crippen LogP contribution in [0, 0.1) is 0 Å². The summed E-state index contributed by atoms with van der Waals surface area (Å²) in [5.74, 6) is 0.600. The summed E-state index contributed by atoms with van der Waals surface area (Å²) in [5.41, 5.74) is 4.24. The molecule has 32 heavy (non-hydrogen) atoms. The van der Waals surface area contributed by atoms with Crippen molar-refractivity contribution in [2.24, 2.45) is 7.05 Å². The molecule has 1 atom stereocenters. The third-order valence-electron chi connectivity index (χ3n) is 5.56. The molecule has 0 radical (unpaired) electrons. The van der Waals surface area contributed by atoms with Gasteiger partial charge in [-0.05, 0) is 34.9 Å². The number of aromatic nitrogens is 5. The summed E-state index contributed by atoms with van der Waals surface area (Å²) in [4.78, 5) is 31.9. The second kappa shape index (κ2) is 8.68. The Hall–Kier alpha value is -3.91. The van der Waals surface area contributed by atoms with Crippen molar-refractivity contribution in [3.8, 4) is 22.5 Å². The van der Waals surface area contributed by atoms with Gasteiger partial charge < -0.3 is 9.64 Å². The number of pyridine rings is 1. The van der Waals surface area contributed by atoms with Crippen LogP contribution < -0.4 is 10.5 Å². The van der Waals surface area contributed by atoms with Crippen LogP contribution in [0.3, 0.4) is 0 Å². The lowest BCUT2D eigenvalue weighted by Gasteiger charge is -2.34. The van der Waals surface area contributed by atoms with Gasteiger partial charge in [-0.3, -0.25) is 14.3 Å². The van der Waals surface area contributed by atoms with E-state index in [0.717, 1.165) is 16.7 Å². The standard InChI is InChI=1S/C24H22N6O2/c1-29-23(31)13-21(20-7-9-26-16-27-20)28-24(29)30-10-11-32-22(15-30)18-5-2-4-17(12-18)19-6-3-8-25-14-19/h2-9,12-14,16,22H,10-11,15H2,1H3. The van der Waals surface area contributed by atoms with Crippen molar-refractivity contribution >= 4 is 5.95 Å². The normalized spacial score (nSPS) is 16.2. The van der Waals surface area contributed by atoms with E-state index in [1.165, 1.54) is 12.4 Å². The van der Waals surface area contributed by atoms with E-state index in [2.05, 4.69) is 38.1 Å². The summed E-state index contributed by atoms with van der Waals surface area (Å²) in [7, 11) is 1.74. The molecule has 1 unspecified atom stereocenters. The first-order chi connectivity index (χ1) is 15.7. The molecule has 0 aliphatic carbocycles. The monoisotopic (exact) mass is 426 g/mol. The predicted octanol–water partition coefficient (Wildman–Crippen LogP) is 2.88. The van der Waals surface area contributed by atoms with Gasteiger partial charge in [0, 0.05) is 38.2 Å². The Balaban J connectivity index is 1.45. The molecule has 0 bridgehead atoms. The lowest BCUT2D eigenvalue weighted by Crippen LogP contribution is -2.41. The van der Waals surface area contributed by atoms with Crippen LogP contribution in [0.5, 0.6) is 0 Å². The fourth-order valence-electron chi connectivity index (χ4n) is 3.87. The molecular weight excluding hydrogens is 404 g/mol. The van der Waals surface area contributed by atoms with Crippen molar-refractivity contribution in [1.29, 1.82) is 0 Å². The molecule has 0 spiro atoms. The molecule has 1 aromatic carbocycles. The van der Waals surface area contributed by atoms with Gasteiger partial charge in [0.15, 0.2) is 0 Å². The summed E-state index contributed by atoms with van der Waals surface area (Å²) in [6.45, 7) is 1.77. The maximum atomic E-state index is 12.6. The largest absolute Gasteiger partial charge is 0.370 e. The van der Waals surface area contributed by atoms with E-state index >= 15 is 0 Å². The van der Waals surface area contributed by atoms with E-state index in [9.17, 15) is 4.79 Å². The van der Waals surface area contributed by atoms with Crippen LogP contribution >= 0.6 is 0 Å². The third-order valence-corrected chi connectivity index (χ3v) is 5.56. The molecule has 5 rings (SSSR count). The van der Waals surface area contributed by atoms with Crippen molar-refractivity contribution in [1.82, 2.24) is 24.5 Å². The SMILES string of the molecule is Cn1c(N2CCOC(c3cccc(-c4cccnc4)c3)C2)nc(-c2ccncn2)cc1=O. The minimum Gasteiger partial charge on any atom is -0.370 e. The molecule has 160 valence electrons. The Morgan fingerprint density at radius 3 is 2.72 bits per heavy atom. The summed E-state index contributed by atoms with van der Waals surface area (Å²) >= 11 is 0. The molecule has 4 heterocycles. The van der Waals surface area contributed by atoms with Crippen LogP contribution in [-0.4, -0.2) is 44.2 Å². The van der Waals surface area contributed by atoms with E-state index < -0.39 is 0 Å². The number of hydrogen-bond acceptors (Lipinski definition) is 7. The zero-order valence-electron chi connectivity index (χ0n) is 17.6. The fraction of sp³-hybridized carbons (Fsp3) is 0.208. The van der Waals surface area contributed by atoms with Crippen LogP contribution in [0.1, 0.15) is 11.7 Å². The first kappa shape index (κ1) is 20.0. The van der Waals surface area contributed by atoms with E-state index in [0.29, 0.717) is 37.0 Å². The molecule has 0 saturated carbocycles. The first-order valence-electron chi connectivity index (χ1n) is 10.4. The van der Waals surface area contributed by atoms with Crippen LogP contribution in [0.4, 0.5) is 5.95 Å². The van der Waals surface area contributed by atoms with Crippen LogP contribution in [0.25, 0.3) is 22.5 Å². The zero-order chi connectivity index (χ0) is 21.9. The van der Waals surface area contributed by atoms with Gasteiger partial charge in [-0.2, -0.15) is 0 Å². The quantitative estimate of drug-likeness (QED) is 0.496. The van der Waals surface area contributed by atoms with Crippen LogP contribution in [0.15, 0.2) is 78.2 Å². The highest BCUT2D eigenvalue weighted by Crippen LogP contribution is 2.28. The molecule has 8 nitrogen and oxygen atoms in total. The van der Waals surface area contributed by atoms with E-state index in [-0.39, 0.29) is 11.7 Å². The third kappa shape index (κ3) is 4.00. The minimum absolute atomic E-state index is 0.134. The molecule has 8 heteroatoms. The van der Waals surface area contributed by atoms with Crippen molar-refractivity contribution in [3.63, 3.8) is 0 Å². The average molecular weight is 426 g/mol. The van der Waals surface area contributed by atoms with Crippen molar-refractivity contribution in [2.75, 3.05) is 24.6 Å². The maximum Gasteiger partial charge on any atom is 0.255 e. The number of anilines is 1. The van der Waals surface area contributed by atoms with E-state index in [1.807, 2.05) is 24.4 Å². The summed E-state index contributed by atoms with van der Waals surface area (Å²) in [5, 5.41) is 0. The summed E-state index contributed by atoms with van der Waals surface area (Å²) in [6, 6.07) is 15.5. The van der Waals surface area contributed by atoms with E-state index in [4.69, 9.17) is 9.72 Å². The zero-order valence-corrected chi connectivity index (χ0v) is 17.6. The van der Waals surface area contributed by atoms with Gasteiger partial charge in [0.2, 0.25) is 5.95 Å². The average Bonchev–Trinajstić information content (AvgIpc) is 2.87. The molecule has 4 aromatic rings. The van der Waals surface area contributed by atoms with Gasteiger partial charge in [0.25, 0.3) is 5.56 Å². The maximum absolute atomic E-state index is 12.6. The molecule has 1 fully saturated rings. The molecule has 1 saturated heterocycles. The molecule has 3 aromatic heterocycles. The van der Waals surface area contributed by atoms with Crippen molar-refractivity contribution in [3.05, 3.63) is 89.4 Å². The van der Waals surface area contributed by atoms with Gasteiger partial charge in [-0.25, -0.2) is 15.0 Å². The second-order valence-electron chi connectivity index (χ2n) is 7.61. The van der Waals surface area contributed by atoms with Gasteiger partial charge >= 0.3 is 0 Å². The number of ether oxygens (including phenoxy) is 1. The molecule has 1 aliphatic heterocycles. The van der Waals surface area contributed by atoms with Crippen molar-refractivity contribution < 1.29 is 4.74 Å². The van der Waals surface area contributed by atoms with Crippen LogP contribution in [0.2, 0.25) is 0 Å². The lowest BCUT2D eigenvalue weighted by molar-refractivity contribution is 0.0390. The molecule has 0 N–H and O–H groups in total. The van der Waals surface area contributed by atoms with Gasteiger partial charge in [0.1, 0.15) is 12.4 Å². The number of rotatable bonds is 4. The second-order valence-corrected chi connectivity index (χ2v) is 7.61. The molecule has 0 amide bonds. The highest BCUT2D eigenvalue weighted by atomic mass is 16.5. The highest BCUT2D eigenvalue weighted by molar-refractivity contribution is 5.63. The summed E-state index contributed by atoms with van der Waals surface area (Å²) in [6.07, 6.45) is 6.57. The molecule has 1 aliphatic rings. The van der Waals surface area contributed by atoms with Gasteiger partial charge in [0.05, 0.1) is 24.5 Å².